The topological polar surface area (TPSA) is 43.4 Å². The molecule has 1 aliphatic carbocycles. The van der Waals surface area contributed by atoms with Gasteiger partial charge in [-0.25, -0.2) is 0 Å². The summed E-state index contributed by atoms with van der Waals surface area (Å²) in [5, 5.41) is 0. The molecular formula is C11H7BrO3. The molecule has 0 N–H and O–H groups in total. The standard InChI is InChI=1S/C11H7BrO3/c1-15-10-5-9(13)7-3-2-6(12)4-8(7)11(10)14/h2-5H,1H3. The molecule has 0 atom stereocenters. The van der Waals surface area contributed by atoms with Crippen molar-refractivity contribution < 1.29 is 14.3 Å². The molecule has 1 aliphatic rings. The highest BCUT2D eigenvalue weighted by Crippen LogP contribution is 2.24. The van der Waals surface area contributed by atoms with Crippen molar-refractivity contribution in [3.8, 4) is 0 Å². The number of carbonyl (C=O) groups is 2. The lowest BCUT2D eigenvalue weighted by molar-refractivity contribution is 0.0916. The average molecular weight is 267 g/mol. The van der Waals surface area contributed by atoms with E-state index < -0.39 is 0 Å². The summed E-state index contributed by atoms with van der Waals surface area (Å²) < 4.78 is 5.61. The van der Waals surface area contributed by atoms with Crippen molar-refractivity contribution >= 4 is 27.5 Å². The molecule has 3 nitrogen and oxygen atoms in total. The van der Waals surface area contributed by atoms with Gasteiger partial charge >= 0.3 is 0 Å². The van der Waals surface area contributed by atoms with Crippen LogP contribution in [0.3, 0.4) is 0 Å². The Morgan fingerprint density at radius 2 is 1.93 bits per heavy atom. The van der Waals surface area contributed by atoms with Crippen molar-refractivity contribution in [1.29, 1.82) is 0 Å². The number of benzene rings is 1. The van der Waals surface area contributed by atoms with E-state index in [0.717, 1.165) is 4.47 Å². The maximum Gasteiger partial charge on any atom is 0.228 e. The van der Waals surface area contributed by atoms with Crippen LogP contribution in [0.15, 0.2) is 34.5 Å². The molecule has 0 heterocycles. The second kappa shape index (κ2) is 3.62. The lowest BCUT2D eigenvalue weighted by Gasteiger charge is -2.13. The van der Waals surface area contributed by atoms with Crippen LogP contribution in [-0.4, -0.2) is 18.7 Å². The largest absolute Gasteiger partial charge is 0.492 e. The molecule has 0 bridgehead atoms. The smallest absolute Gasteiger partial charge is 0.228 e. The zero-order valence-electron chi connectivity index (χ0n) is 7.91. The Hall–Kier alpha value is -1.42. The molecule has 0 aromatic heterocycles. The van der Waals surface area contributed by atoms with Gasteiger partial charge in [0.1, 0.15) is 0 Å². The molecule has 1 aromatic carbocycles. The Morgan fingerprint density at radius 1 is 1.20 bits per heavy atom. The molecule has 76 valence electrons. The van der Waals surface area contributed by atoms with E-state index in [1.807, 2.05) is 0 Å². The van der Waals surface area contributed by atoms with Gasteiger partial charge in [-0.2, -0.15) is 0 Å². The molecule has 0 amide bonds. The lowest BCUT2D eigenvalue weighted by Crippen LogP contribution is -2.17. The first-order valence-electron chi connectivity index (χ1n) is 4.27. The van der Waals surface area contributed by atoms with Crippen LogP contribution in [0.4, 0.5) is 0 Å². The first kappa shape index (κ1) is 10.1. The molecule has 0 aliphatic heterocycles. The second-order valence-electron chi connectivity index (χ2n) is 3.10. The number of halogens is 1. The predicted molar refractivity (Wildman–Crippen MR) is 57.9 cm³/mol. The molecule has 15 heavy (non-hydrogen) atoms. The van der Waals surface area contributed by atoms with Crippen LogP contribution in [0.1, 0.15) is 20.7 Å². The average Bonchev–Trinajstić information content (AvgIpc) is 2.23. The highest BCUT2D eigenvalue weighted by atomic mass is 79.9. The Morgan fingerprint density at radius 3 is 2.60 bits per heavy atom. The van der Waals surface area contributed by atoms with Gasteiger partial charge in [-0.05, 0) is 18.2 Å². The molecule has 1 aromatic rings. The van der Waals surface area contributed by atoms with E-state index >= 15 is 0 Å². The molecule has 4 heteroatoms. The van der Waals surface area contributed by atoms with Crippen LogP contribution < -0.4 is 0 Å². The molecule has 0 saturated heterocycles. The molecule has 0 fully saturated rings. The number of fused-ring (bicyclic) bond motifs is 1. The molecular weight excluding hydrogens is 260 g/mol. The SMILES string of the molecule is COC1=CC(=O)c2ccc(Br)cc2C1=O. The normalized spacial score (nSPS) is 14.7. The molecule has 0 radical (unpaired) electrons. The number of methoxy groups -OCH3 is 1. The Bertz CT molecular complexity index is 489. The number of ketones is 2. The van der Waals surface area contributed by atoms with Crippen molar-refractivity contribution in [3.05, 3.63) is 45.6 Å². The fraction of sp³-hybridized carbons (Fsp3) is 0.0909. The van der Waals surface area contributed by atoms with Gasteiger partial charge in [0.15, 0.2) is 11.5 Å². The molecule has 0 unspecified atom stereocenters. The van der Waals surface area contributed by atoms with E-state index in [9.17, 15) is 9.59 Å². The van der Waals surface area contributed by atoms with Gasteiger partial charge in [-0.15, -0.1) is 0 Å². The van der Waals surface area contributed by atoms with E-state index in [1.165, 1.54) is 13.2 Å². The third-order valence-corrected chi connectivity index (χ3v) is 2.69. The first-order valence-corrected chi connectivity index (χ1v) is 5.07. The van der Waals surface area contributed by atoms with Gasteiger partial charge in [-0.3, -0.25) is 9.59 Å². The molecule has 2 rings (SSSR count). The summed E-state index contributed by atoms with van der Waals surface area (Å²) in [5.74, 6) is -0.368. The van der Waals surface area contributed by atoms with E-state index in [2.05, 4.69) is 15.9 Å². The van der Waals surface area contributed by atoms with Gasteiger partial charge in [0.25, 0.3) is 0 Å². The summed E-state index contributed by atoms with van der Waals surface area (Å²) >= 11 is 3.26. The summed E-state index contributed by atoms with van der Waals surface area (Å²) in [5.41, 5.74) is 0.803. The van der Waals surface area contributed by atoms with Gasteiger partial charge in [0.2, 0.25) is 5.78 Å². The number of hydrogen-bond donors (Lipinski definition) is 0. The summed E-state index contributed by atoms with van der Waals surface area (Å²) in [7, 11) is 1.37. The third-order valence-electron chi connectivity index (χ3n) is 2.20. The van der Waals surface area contributed by atoms with Crippen LogP contribution >= 0.6 is 15.9 Å². The summed E-state index contributed by atoms with van der Waals surface area (Å²) in [4.78, 5) is 23.4. The van der Waals surface area contributed by atoms with Crippen molar-refractivity contribution in [1.82, 2.24) is 0 Å². The predicted octanol–water partition coefficient (Wildman–Crippen LogP) is 2.36. The van der Waals surface area contributed by atoms with E-state index in [4.69, 9.17) is 4.74 Å². The van der Waals surface area contributed by atoms with Crippen LogP contribution in [0.2, 0.25) is 0 Å². The van der Waals surface area contributed by atoms with Crippen molar-refractivity contribution in [2.75, 3.05) is 7.11 Å². The monoisotopic (exact) mass is 266 g/mol. The zero-order valence-corrected chi connectivity index (χ0v) is 9.50. The van der Waals surface area contributed by atoms with Gasteiger partial charge in [0, 0.05) is 21.7 Å². The summed E-state index contributed by atoms with van der Waals surface area (Å²) in [6.45, 7) is 0. The number of Topliss-reactive ketones (excluding diaryl/α,β-unsaturated/α-hetero) is 1. The van der Waals surface area contributed by atoms with Gasteiger partial charge < -0.3 is 4.74 Å². The summed E-state index contributed by atoms with van der Waals surface area (Å²) in [6, 6.07) is 4.99. The Labute approximate surface area is 94.9 Å². The lowest BCUT2D eigenvalue weighted by atomic mass is 9.94. The fourth-order valence-electron chi connectivity index (χ4n) is 1.47. The van der Waals surface area contributed by atoms with E-state index in [0.29, 0.717) is 11.1 Å². The number of rotatable bonds is 1. The minimum Gasteiger partial charge on any atom is -0.492 e. The highest BCUT2D eigenvalue weighted by molar-refractivity contribution is 9.10. The van der Waals surface area contributed by atoms with Crippen LogP contribution in [0.5, 0.6) is 0 Å². The number of hydrogen-bond acceptors (Lipinski definition) is 3. The minimum absolute atomic E-state index is 0.0885. The highest BCUT2D eigenvalue weighted by Gasteiger charge is 2.26. The minimum atomic E-state index is -0.256. The maximum absolute atomic E-state index is 11.8. The Kier molecular flexibility index (Phi) is 2.44. The van der Waals surface area contributed by atoms with Crippen LogP contribution in [0.25, 0.3) is 0 Å². The molecule has 0 spiro atoms. The number of carbonyl (C=O) groups excluding carboxylic acids is 2. The zero-order chi connectivity index (χ0) is 11.0. The summed E-state index contributed by atoms with van der Waals surface area (Å²) in [6.07, 6.45) is 1.22. The first-order chi connectivity index (χ1) is 7.13. The third kappa shape index (κ3) is 1.61. The van der Waals surface area contributed by atoms with E-state index in [1.54, 1.807) is 18.2 Å². The molecule has 0 saturated carbocycles. The van der Waals surface area contributed by atoms with E-state index in [-0.39, 0.29) is 17.3 Å². The van der Waals surface area contributed by atoms with Crippen molar-refractivity contribution in [2.24, 2.45) is 0 Å². The van der Waals surface area contributed by atoms with Crippen molar-refractivity contribution in [2.45, 2.75) is 0 Å². The van der Waals surface area contributed by atoms with Gasteiger partial charge in [-0.1, -0.05) is 15.9 Å². The quantitative estimate of drug-likeness (QED) is 0.784. The van der Waals surface area contributed by atoms with Gasteiger partial charge in [0.05, 0.1) is 7.11 Å². The number of allylic oxidation sites excluding steroid dienone is 2. The van der Waals surface area contributed by atoms with Crippen LogP contribution in [-0.2, 0) is 4.74 Å². The van der Waals surface area contributed by atoms with Crippen molar-refractivity contribution in [3.63, 3.8) is 0 Å². The maximum atomic E-state index is 11.8. The number of ether oxygens (including phenoxy) is 1. The Balaban J connectivity index is 2.62. The second-order valence-corrected chi connectivity index (χ2v) is 4.01. The fourth-order valence-corrected chi connectivity index (χ4v) is 1.83. The van der Waals surface area contributed by atoms with Crippen LogP contribution in [0, 0.1) is 0 Å².